The lowest BCUT2D eigenvalue weighted by atomic mass is 9.99. The van der Waals surface area contributed by atoms with Gasteiger partial charge in [-0.05, 0) is 31.1 Å². The third-order valence-corrected chi connectivity index (χ3v) is 3.97. The molecule has 1 heterocycles. The average molecular weight is 389 g/mol. The average Bonchev–Trinajstić information content (AvgIpc) is 3.17. The van der Waals surface area contributed by atoms with Crippen LogP contribution in [0.1, 0.15) is 13.3 Å². The number of carboxylic acid groups (broad SMARTS) is 2. The van der Waals surface area contributed by atoms with E-state index in [4.69, 9.17) is 25.4 Å². The van der Waals surface area contributed by atoms with Crippen LogP contribution in [-0.4, -0.2) is 52.2 Å². The van der Waals surface area contributed by atoms with Crippen molar-refractivity contribution >= 4 is 23.6 Å². The zero-order chi connectivity index (χ0) is 20.8. The van der Waals surface area contributed by atoms with Crippen LogP contribution >= 0.6 is 0 Å². The molecule has 9 nitrogen and oxygen atoms in total. The van der Waals surface area contributed by atoms with Gasteiger partial charge in [0.05, 0.1) is 31.3 Å². The van der Waals surface area contributed by atoms with Crippen molar-refractivity contribution in [1.29, 1.82) is 0 Å². The molecule has 9 heteroatoms. The Bertz CT molecular complexity index is 966. The number of nitrogens with two attached hydrogens (primary N) is 1. The molecule has 0 aromatic carbocycles. The van der Waals surface area contributed by atoms with Gasteiger partial charge in [-0.15, -0.1) is 5.10 Å². The predicted molar refractivity (Wildman–Crippen MR) is 102 cm³/mol. The smallest absolute Gasteiger partial charge is 0.328 e. The molecule has 0 amide bonds. The summed E-state index contributed by atoms with van der Waals surface area (Å²) in [7, 11) is 3.34. The van der Waals surface area contributed by atoms with E-state index in [2.05, 4.69) is 17.3 Å². The number of aliphatic carboxylic acids is 2. The lowest BCUT2D eigenvalue weighted by Crippen LogP contribution is -2.33. The van der Waals surface area contributed by atoms with Gasteiger partial charge in [0.2, 0.25) is 5.88 Å². The van der Waals surface area contributed by atoms with Gasteiger partial charge >= 0.3 is 11.9 Å². The topological polar surface area (TPSA) is 137 Å². The van der Waals surface area contributed by atoms with Gasteiger partial charge < -0.3 is 25.4 Å². The molecule has 2 aliphatic rings. The fraction of sp³-hybridized carbons (Fsp3) is 0.316. The molecule has 4 N–H and O–H groups in total. The maximum atomic E-state index is 9.55. The number of allylic oxidation sites excluding steroid dienone is 3. The molecule has 0 saturated carbocycles. The van der Waals surface area contributed by atoms with E-state index in [1.54, 1.807) is 14.2 Å². The Morgan fingerprint density at radius 2 is 1.93 bits per heavy atom. The SMILES string of the molecule is COC1=C2C=c3c(c(OC)nn3C[C@H](C)N)=C2CC=C1.O=C(O)/C=C/C(=O)O. The van der Waals surface area contributed by atoms with E-state index in [0.717, 1.165) is 28.3 Å². The van der Waals surface area contributed by atoms with E-state index in [-0.39, 0.29) is 6.04 Å². The summed E-state index contributed by atoms with van der Waals surface area (Å²) in [6.45, 7) is 2.63. The van der Waals surface area contributed by atoms with Crippen molar-refractivity contribution in [3.05, 3.63) is 46.2 Å². The predicted octanol–water partition coefficient (Wildman–Crippen LogP) is -0.244. The Morgan fingerprint density at radius 1 is 1.29 bits per heavy atom. The lowest BCUT2D eigenvalue weighted by molar-refractivity contribution is -0.134. The van der Waals surface area contributed by atoms with E-state index in [0.29, 0.717) is 24.6 Å². The summed E-state index contributed by atoms with van der Waals surface area (Å²) < 4.78 is 12.8. The number of ether oxygens (including phenoxy) is 2. The molecule has 2 aliphatic carbocycles. The first kappa shape index (κ1) is 21.0. The number of carbonyl (C=O) groups is 2. The third-order valence-electron chi connectivity index (χ3n) is 3.97. The fourth-order valence-corrected chi connectivity index (χ4v) is 2.92. The Morgan fingerprint density at radius 3 is 2.43 bits per heavy atom. The molecule has 1 aromatic rings. The number of fused-ring (bicyclic) bond motifs is 2. The van der Waals surface area contributed by atoms with E-state index in [1.807, 2.05) is 17.7 Å². The van der Waals surface area contributed by atoms with Crippen LogP contribution in [0, 0.1) is 0 Å². The molecule has 1 aromatic heterocycles. The first-order valence-electron chi connectivity index (χ1n) is 8.48. The Balaban J connectivity index is 0.000000300. The van der Waals surface area contributed by atoms with Crippen molar-refractivity contribution < 1.29 is 29.3 Å². The van der Waals surface area contributed by atoms with Crippen LogP contribution in [0.4, 0.5) is 0 Å². The van der Waals surface area contributed by atoms with Crippen molar-refractivity contribution in [2.24, 2.45) is 5.73 Å². The second-order valence-corrected chi connectivity index (χ2v) is 6.15. The number of methoxy groups -OCH3 is 2. The molecule has 0 bridgehead atoms. The van der Waals surface area contributed by atoms with Gasteiger partial charge in [-0.3, -0.25) is 4.68 Å². The van der Waals surface area contributed by atoms with Gasteiger partial charge in [-0.25, -0.2) is 9.59 Å². The molecule has 0 unspecified atom stereocenters. The summed E-state index contributed by atoms with van der Waals surface area (Å²) in [5.41, 5.74) is 8.24. The van der Waals surface area contributed by atoms with Crippen LogP contribution in [0.2, 0.25) is 0 Å². The summed E-state index contributed by atoms with van der Waals surface area (Å²) in [6, 6.07) is 0.0405. The molecular formula is C19H23N3O6. The Hall–Kier alpha value is -3.33. The highest BCUT2D eigenvalue weighted by Gasteiger charge is 2.23. The Labute approximate surface area is 161 Å². The second kappa shape index (κ2) is 9.05. The second-order valence-electron chi connectivity index (χ2n) is 6.15. The van der Waals surface area contributed by atoms with E-state index in [9.17, 15) is 9.59 Å². The molecule has 28 heavy (non-hydrogen) atoms. The van der Waals surface area contributed by atoms with Crippen LogP contribution in [0.25, 0.3) is 11.6 Å². The van der Waals surface area contributed by atoms with Crippen LogP contribution < -0.4 is 21.0 Å². The normalized spacial score (nSPS) is 15.4. The van der Waals surface area contributed by atoms with Gasteiger partial charge in [-0.2, -0.15) is 0 Å². The Kier molecular flexibility index (Phi) is 6.78. The quantitative estimate of drug-likeness (QED) is 0.567. The molecule has 150 valence electrons. The zero-order valence-electron chi connectivity index (χ0n) is 15.9. The maximum Gasteiger partial charge on any atom is 0.328 e. The van der Waals surface area contributed by atoms with Crippen LogP contribution in [0.3, 0.4) is 0 Å². The number of hydrogen-bond donors (Lipinski definition) is 3. The number of nitrogens with zero attached hydrogens (tertiary/aromatic N) is 2. The molecule has 3 rings (SSSR count). The molecular weight excluding hydrogens is 366 g/mol. The van der Waals surface area contributed by atoms with Crippen LogP contribution in [-0.2, 0) is 20.9 Å². The fourth-order valence-electron chi connectivity index (χ4n) is 2.92. The highest BCUT2D eigenvalue weighted by atomic mass is 16.5. The minimum Gasteiger partial charge on any atom is -0.496 e. The molecule has 0 saturated heterocycles. The van der Waals surface area contributed by atoms with Gasteiger partial charge in [0.25, 0.3) is 0 Å². The third kappa shape index (κ3) is 4.68. The summed E-state index contributed by atoms with van der Waals surface area (Å²) in [5.74, 6) is -0.968. The standard InChI is InChI=1S/C15H19N3O2.C4H4O4/c1-9(16)8-18-12-7-11-10(5-4-6-13(11)19-2)14(12)15(17-18)20-3;5-3(6)1-2-4(7)8/h4,6-7,9H,5,8,16H2,1-3H3;1-2H,(H,5,6)(H,7,8)/b;2-1+/t9-;/m0./s1. The molecule has 0 fully saturated rings. The van der Waals surface area contributed by atoms with E-state index < -0.39 is 11.9 Å². The van der Waals surface area contributed by atoms with Gasteiger partial charge in [0, 0.05) is 23.8 Å². The summed E-state index contributed by atoms with van der Waals surface area (Å²) >= 11 is 0. The van der Waals surface area contributed by atoms with Crippen molar-refractivity contribution in [2.75, 3.05) is 14.2 Å². The lowest BCUT2D eigenvalue weighted by Gasteiger charge is -2.13. The minimum absolute atomic E-state index is 0.0405. The van der Waals surface area contributed by atoms with Crippen molar-refractivity contribution in [1.82, 2.24) is 9.78 Å². The van der Waals surface area contributed by atoms with Crippen molar-refractivity contribution in [3.63, 3.8) is 0 Å². The zero-order valence-corrected chi connectivity index (χ0v) is 15.9. The number of aromatic nitrogens is 2. The maximum absolute atomic E-state index is 9.55. The first-order valence-corrected chi connectivity index (χ1v) is 8.48. The van der Waals surface area contributed by atoms with E-state index >= 15 is 0 Å². The molecule has 0 radical (unpaired) electrons. The molecule has 0 spiro atoms. The van der Waals surface area contributed by atoms with E-state index in [1.165, 1.54) is 5.57 Å². The minimum atomic E-state index is -1.26. The monoisotopic (exact) mass is 389 g/mol. The van der Waals surface area contributed by atoms with Crippen LogP contribution in [0.5, 0.6) is 5.88 Å². The highest BCUT2D eigenvalue weighted by Crippen LogP contribution is 2.29. The molecule has 1 atom stereocenters. The number of carboxylic acids is 2. The van der Waals surface area contributed by atoms with Gasteiger partial charge in [0.1, 0.15) is 5.76 Å². The molecule has 0 aliphatic heterocycles. The van der Waals surface area contributed by atoms with Gasteiger partial charge in [-0.1, -0.05) is 6.08 Å². The largest absolute Gasteiger partial charge is 0.496 e. The number of rotatable bonds is 6. The van der Waals surface area contributed by atoms with Crippen molar-refractivity contribution in [3.8, 4) is 5.88 Å². The number of hydrogen-bond acceptors (Lipinski definition) is 6. The summed E-state index contributed by atoms with van der Waals surface area (Å²) in [5, 5.41) is 22.3. The highest BCUT2D eigenvalue weighted by molar-refractivity contribution is 5.89. The first-order chi connectivity index (χ1) is 13.3. The van der Waals surface area contributed by atoms with Crippen LogP contribution in [0.15, 0.2) is 35.6 Å². The summed E-state index contributed by atoms with van der Waals surface area (Å²) in [6.07, 6.45) is 8.21. The van der Waals surface area contributed by atoms with Gasteiger partial charge in [0.15, 0.2) is 0 Å². The summed E-state index contributed by atoms with van der Waals surface area (Å²) in [4.78, 5) is 19.1. The van der Waals surface area contributed by atoms with Crippen molar-refractivity contribution in [2.45, 2.75) is 25.9 Å².